The van der Waals surface area contributed by atoms with Crippen molar-refractivity contribution in [2.45, 2.75) is 13.3 Å². The maximum atomic E-state index is 11.5. The summed E-state index contributed by atoms with van der Waals surface area (Å²) < 4.78 is 5.25. The van der Waals surface area contributed by atoms with Gasteiger partial charge in [-0.3, -0.25) is 0 Å². The van der Waals surface area contributed by atoms with Crippen LogP contribution in [0.15, 0.2) is 53.2 Å². The predicted molar refractivity (Wildman–Crippen MR) is 100 cm³/mol. The Morgan fingerprint density at radius 2 is 1.83 bits per heavy atom. The minimum atomic E-state index is -0.323. The highest BCUT2D eigenvalue weighted by atomic mass is 32.1. The third-order valence-electron chi connectivity index (χ3n) is 3.27. The first-order valence-electron chi connectivity index (χ1n) is 7.18. The van der Waals surface area contributed by atoms with Gasteiger partial charge in [-0.1, -0.05) is 18.7 Å². The van der Waals surface area contributed by atoms with Crippen LogP contribution in [0.3, 0.4) is 0 Å². The molecule has 0 fully saturated rings. The van der Waals surface area contributed by atoms with Crippen molar-refractivity contribution >= 4 is 40.0 Å². The monoisotopic (exact) mass is 360 g/mol. The van der Waals surface area contributed by atoms with E-state index >= 15 is 0 Å². The molecule has 23 heavy (non-hydrogen) atoms. The highest BCUT2D eigenvalue weighted by molar-refractivity contribution is 7.26. The van der Waals surface area contributed by atoms with E-state index < -0.39 is 0 Å². The van der Waals surface area contributed by atoms with Gasteiger partial charge in [-0.2, -0.15) is 0 Å². The second-order valence-corrected chi connectivity index (χ2v) is 8.03. The molecule has 0 atom stereocenters. The van der Waals surface area contributed by atoms with E-state index in [9.17, 15) is 4.79 Å². The van der Waals surface area contributed by atoms with E-state index in [0.717, 1.165) is 0 Å². The van der Waals surface area contributed by atoms with Gasteiger partial charge in [-0.25, -0.2) is 4.79 Å². The van der Waals surface area contributed by atoms with Crippen molar-refractivity contribution in [2.75, 3.05) is 6.61 Å². The van der Waals surface area contributed by atoms with Crippen LogP contribution in [0.2, 0.25) is 0 Å². The maximum absolute atomic E-state index is 11.5. The van der Waals surface area contributed by atoms with E-state index in [1.54, 1.807) is 40.9 Å². The largest absolute Gasteiger partial charge is 0.462 e. The zero-order valence-electron chi connectivity index (χ0n) is 12.7. The molecule has 3 rings (SSSR count). The van der Waals surface area contributed by atoms with Gasteiger partial charge in [-0.15, -0.1) is 34.0 Å². The Hall–Kier alpha value is -1.69. The fourth-order valence-corrected chi connectivity index (χ4v) is 5.07. The molecule has 3 aromatic rings. The molecule has 0 saturated carbocycles. The maximum Gasteiger partial charge on any atom is 0.333 e. The Balaban J connectivity index is 1.83. The lowest BCUT2D eigenvalue weighted by atomic mass is 10.1. The average molecular weight is 361 g/mol. The van der Waals surface area contributed by atoms with Gasteiger partial charge < -0.3 is 4.74 Å². The van der Waals surface area contributed by atoms with Gasteiger partial charge in [0.1, 0.15) is 0 Å². The van der Waals surface area contributed by atoms with Crippen molar-refractivity contribution in [1.82, 2.24) is 0 Å². The third-order valence-corrected chi connectivity index (χ3v) is 6.56. The summed E-state index contributed by atoms with van der Waals surface area (Å²) in [7, 11) is 0. The van der Waals surface area contributed by atoms with E-state index in [-0.39, 0.29) is 5.97 Å². The molecule has 118 valence electrons. The Morgan fingerprint density at radius 1 is 1.13 bits per heavy atom. The molecule has 0 spiro atoms. The number of hydrogen-bond acceptors (Lipinski definition) is 5. The average Bonchev–Trinajstić information content (AvgIpc) is 3.27. The normalized spacial score (nSPS) is 10.7. The highest BCUT2D eigenvalue weighted by Gasteiger charge is 2.14. The van der Waals surface area contributed by atoms with Crippen LogP contribution in [0, 0.1) is 0 Å². The third kappa shape index (κ3) is 3.80. The minimum absolute atomic E-state index is 0.323. The van der Waals surface area contributed by atoms with Crippen LogP contribution in [0.5, 0.6) is 0 Å². The summed E-state index contributed by atoms with van der Waals surface area (Å²) in [6.07, 6.45) is 0.716. The number of thiophene rings is 3. The van der Waals surface area contributed by atoms with Crippen LogP contribution >= 0.6 is 34.0 Å². The molecule has 3 heterocycles. The molecule has 2 nitrogen and oxygen atoms in total. The van der Waals surface area contributed by atoms with Gasteiger partial charge in [-0.05, 0) is 41.4 Å². The molecular weight excluding hydrogens is 344 g/mol. The number of rotatable bonds is 6. The van der Waals surface area contributed by atoms with Crippen LogP contribution in [-0.2, 0) is 16.0 Å². The minimum Gasteiger partial charge on any atom is -0.462 e. The van der Waals surface area contributed by atoms with E-state index in [0.29, 0.717) is 18.6 Å². The molecule has 0 N–H and O–H groups in total. The van der Waals surface area contributed by atoms with E-state index in [1.165, 1.54) is 25.1 Å². The number of hydrogen-bond donors (Lipinski definition) is 0. The fourth-order valence-electron chi connectivity index (χ4n) is 2.15. The predicted octanol–water partition coefficient (Wildman–Crippen LogP) is 5.87. The van der Waals surface area contributed by atoms with Gasteiger partial charge in [0, 0.05) is 31.5 Å². The van der Waals surface area contributed by atoms with E-state index in [4.69, 9.17) is 4.74 Å². The van der Waals surface area contributed by atoms with Crippen LogP contribution in [0.25, 0.3) is 19.5 Å². The van der Waals surface area contributed by atoms with Crippen molar-refractivity contribution in [3.05, 3.63) is 58.8 Å². The van der Waals surface area contributed by atoms with Crippen LogP contribution in [0.4, 0.5) is 0 Å². The molecule has 0 radical (unpaired) electrons. The smallest absolute Gasteiger partial charge is 0.333 e. The first kappa shape index (κ1) is 16.2. The van der Waals surface area contributed by atoms with Crippen molar-refractivity contribution in [3.63, 3.8) is 0 Å². The zero-order chi connectivity index (χ0) is 16.2. The number of ether oxygens (including phenoxy) is 1. The van der Waals surface area contributed by atoms with Crippen molar-refractivity contribution < 1.29 is 9.53 Å². The quantitative estimate of drug-likeness (QED) is 0.406. The lowest BCUT2D eigenvalue weighted by molar-refractivity contribution is -0.138. The number of esters is 1. The lowest BCUT2D eigenvalue weighted by Gasteiger charge is -2.04. The second-order valence-electron chi connectivity index (χ2n) is 5.09. The Labute approximate surface area is 147 Å². The lowest BCUT2D eigenvalue weighted by Crippen LogP contribution is -2.07. The molecule has 0 aliphatic heterocycles. The zero-order valence-corrected chi connectivity index (χ0v) is 15.2. The topological polar surface area (TPSA) is 26.3 Å². The van der Waals surface area contributed by atoms with Gasteiger partial charge in [0.15, 0.2) is 0 Å². The Morgan fingerprint density at radius 3 is 2.43 bits per heavy atom. The second kappa shape index (κ2) is 7.25. The summed E-state index contributed by atoms with van der Waals surface area (Å²) >= 11 is 5.29. The molecule has 5 heteroatoms. The first-order valence-corrected chi connectivity index (χ1v) is 9.76. The summed E-state index contributed by atoms with van der Waals surface area (Å²) in [4.78, 5) is 16.6. The van der Waals surface area contributed by atoms with Crippen LogP contribution in [0.1, 0.15) is 12.5 Å². The van der Waals surface area contributed by atoms with E-state index in [1.807, 2.05) is 0 Å². The summed E-state index contributed by atoms with van der Waals surface area (Å²) in [6, 6.07) is 10.6. The van der Waals surface area contributed by atoms with Gasteiger partial charge in [0.2, 0.25) is 0 Å². The van der Waals surface area contributed by atoms with Crippen molar-refractivity contribution in [2.24, 2.45) is 0 Å². The van der Waals surface area contributed by atoms with Gasteiger partial charge in [0.25, 0.3) is 0 Å². The van der Waals surface area contributed by atoms with E-state index in [2.05, 4.69) is 47.7 Å². The SMILES string of the molecule is C=C(C)C(=O)OCCc1cc(-c2cccs2)sc1-c1cccs1. The molecule has 0 aliphatic carbocycles. The molecule has 3 aromatic heterocycles. The van der Waals surface area contributed by atoms with Crippen molar-refractivity contribution in [1.29, 1.82) is 0 Å². The Kier molecular flexibility index (Phi) is 5.10. The van der Waals surface area contributed by atoms with Crippen molar-refractivity contribution in [3.8, 4) is 19.5 Å². The molecule has 0 bridgehead atoms. The van der Waals surface area contributed by atoms with Gasteiger partial charge >= 0.3 is 5.97 Å². The molecule has 0 saturated heterocycles. The standard InChI is InChI=1S/C18H16O2S3/c1-12(2)18(19)20-8-7-13-11-16(14-5-3-9-21-14)23-17(13)15-6-4-10-22-15/h3-6,9-11H,1,7-8H2,2H3. The summed E-state index contributed by atoms with van der Waals surface area (Å²) in [5.41, 5.74) is 1.67. The molecule has 0 aromatic carbocycles. The number of carbonyl (C=O) groups is 1. The Bertz CT molecular complexity index is 796. The molecular formula is C18H16O2S3. The van der Waals surface area contributed by atoms with Crippen LogP contribution in [-0.4, -0.2) is 12.6 Å². The van der Waals surface area contributed by atoms with Crippen LogP contribution < -0.4 is 0 Å². The summed E-state index contributed by atoms with van der Waals surface area (Å²) in [5, 5.41) is 4.18. The molecule has 0 aliphatic rings. The van der Waals surface area contributed by atoms with Gasteiger partial charge in [0.05, 0.1) is 6.61 Å². The summed E-state index contributed by atoms with van der Waals surface area (Å²) in [5.74, 6) is -0.323. The molecule has 0 unspecified atom stereocenters. The number of carbonyl (C=O) groups excluding carboxylic acids is 1. The molecule has 0 amide bonds. The summed E-state index contributed by atoms with van der Waals surface area (Å²) in [6.45, 7) is 5.65. The highest BCUT2D eigenvalue weighted by Crippen LogP contribution is 2.41. The fraction of sp³-hybridized carbons (Fsp3) is 0.167. The first-order chi connectivity index (χ1) is 11.1.